The van der Waals surface area contributed by atoms with Gasteiger partial charge in [0.15, 0.2) is 11.3 Å². The minimum absolute atomic E-state index is 0.293. The van der Waals surface area contributed by atoms with Crippen molar-refractivity contribution in [3.05, 3.63) is 59.3 Å². The summed E-state index contributed by atoms with van der Waals surface area (Å²) in [4.78, 5) is 21.2. The topological polar surface area (TPSA) is 68.5 Å². The predicted molar refractivity (Wildman–Crippen MR) is 95.6 cm³/mol. The van der Waals surface area contributed by atoms with Crippen molar-refractivity contribution in [2.75, 3.05) is 19.0 Å². The van der Waals surface area contributed by atoms with Crippen LogP contribution in [0.2, 0.25) is 0 Å². The minimum Gasteiger partial charge on any atom is -0.372 e. The number of imidazole rings is 1. The quantitative estimate of drug-likeness (QED) is 0.748. The van der Waals surface area contributed by atoms with Crippen molar-refractivity contribution in [2.24, 2.45) is 0 Å². The average molecular weight is 334 g/mol. The van der Waals surface area contributed by atoms with E-state index in [0.717, 1.165) is 17.0 Å². The van der Waals surface area contributed by atoms with Crippen molar-refractivity contribution in [1.29, 1.82) is 0 Å². The SMILES string of the molecule is COCC#Cc1ccc(NC(=O)c2ncn3c(C)cc(C)nc23)cc1. The Kier molecular flexibility index (Phi) is 4.78. The van der Waals surface area contributed by atoms with Gasteiger partial charge in [0.2, 0.25) is 0 Å². The zero-order chi connectivity index (χ0) is 17.8. The molecule has 0 radical (unpaired) electrons. The van der Waals surface area contributed by atoms with Crippen molar-refractivity contribution in [3.8, 4) is 11.8 Å². The van der Waals surface area contributed by atoms with Crippen LogP contribution in [0.3, 0.4) is 0 Å². The Morgan fingerprint density at radius 2 is 2.04 bits per heavy atom. The van der Waals surface area contributed by atoms with Gasteiger partial charge in [0.1, 0.15) is 12.9 Å². The molecule has 0 aliphatic rings. The molecule has 0 unspecified atom stereocenters. The Bertz CT molecular complexity index is 978. The highest BCUT2D eigenvalue weighted by molar-refractivity contribution is 6.06. The van der Waals surface area contributed by atoms with Crippen LogP contribution in [0, 0.1) is 25.7 Å². The van der Waals surface area contributed by atoms with E-state index < -0.39 is 0 Å². The van der Waals surface area contributed by atoms with Crippen LogP contribution in [0.25, 0.3) is 5.65 Å². The fraction of sp³-hybridized carbons (Fsp3) is 0.211. The molecule has 2 heterocycles. The Balaban J connectivity index is 1.80. The summed E-state index contributed by atoms with van der Waals surface area (Å²) in [5.41, 5.74) is 4.21. The summed E-state index contributed by atoms with van der Waals surface area (Å²) < 4.78 is 6.69. The summed E-state index contributed by atoms with van der Waals surface area (Å²) in [6.07, 6.45) is 1.61. The van der Waals surface area contributed by atoms with Crippen LogP contribution in [0.1, 0.15) is 27.4 Å². The second-order valence-corrected chi connectivity index (χ2v) is 5.59. The molecule has 0 spiro atoms. The Morgan fingerprint density at radius 1 is 1.28 bits per heavy atom. The number of methoxy groups -OCH3 is 1. The largest absolute Gasteiger partial charge is 0.372 e. The van der Waals surface area contributed by atoms with E-state index in [9.17, 15) is 4.79 Å². The first kappa shape index (κ1) is 16.7. The summed E-state index contributed by atoms with van der Waals surface area (Å²) in [5, 5.41) is 2.84. The maximum Gasteiger partial charge on any atom is 0.278 e. The van der Waals surface area contributed by atoms with Gasteiger partial charge in [-0.3, -0.25) is 9.20 Å². The van der Waals surface area contributed by atoms with Crippen LogP contribution in [0.15, 0.2) is 36.7 Å². The monoisotopic (exact) mass is 334 g/mol. The smallest absolute Gasteiger partial charge is 0.278 e. The molecule has 1 amide bonds. The number of carbonyl (C=O) groups is 1. The molecule has 1 N–H and O–H groups in total. The number of fused-ring (bicyclic) bond motifs is 1. The Labute approximate surface area is 145 Å². The highest BCUT2D eigenvalue weighted by Crippen LogP contribution is 2.14. The first-order valence-electron chi connectivity index (χ1n) is 7.79. The van der Waals surface area contributed by atoms with Gasteiger partial charge in [0.05, 0.1) is 0 Å². The number of ether oxygens (including phenoxy) is 1. The van der Waals surface area contributed by atoms with Gasteiger partial charge in [-0.1, -0.05) is 11.8 Å². The number of aromatic nitrogens is 3. The van der Waals surface area contributed by atoms with Crippen LogP contribution in [-0.2, 0) is 4.74 Å². The Hall–Kier alpha value is -3.17. The van der Waals surface area contributed by atoms with Crippen LogP contribution in [-0.4, -0.2) is 34.0 Å². The molecule has 0 aliphatic heterocycles. The highest BCUT2D eigenvalue weighted by atomic mass is 16.5. The van der Waals surface area contributed by atoms with Crippen LogP contribution in [0.5, 0.6) is 0 Å². The molecule has 1 aromatic carbocycles. The van der Waals surface area contributed by atoms with Crippen molar-refractivity contribution < 1.29 is 9.53 Å². The van der Waals surface area contributed by atoms with Gasteiger partial charge in [0.25, 0.3) is 5.91 Å². The number of amides is 1. The Morgan fingerprint density at radius 3 is 2.76 bits per heavy atom. The molecule has 0 aliphatic carbocycles. The maximum absolute atomic E-state index is 12.5. The van der Waals surface area contributed by atoms with Gasteiger partial charge >= 0.3 is 0 Å². The van der Waals surface area contributed by atoms with E-state index in [0.29, 0.717) is 23.6 Å². The first-order valence-corrected chi connectivity index (χ1v) is 7.79. The van der Waals surface area contributed by atoms with Gasteiger partial charge in [-0.15, -0.1) is 0 Å². The van der Waals surface area contributed by atoms with Crippen molar-refractivity contribution in [2.45, 2.75) is 13.8 Å². The van der Waals surface area contributed by atoms with E-state index in [1.807, 2.05) is 32.0 Å². The van der Waals surface area contributed by atoms with Crippen LogP contribution in [0.4, 0.5) is 5.69 Å². The molecule has 3 rings (SSSR count). The van der Waals surface area contributed by atoms with Gasteiger partial charge in [-0.25, -0.2) is 9.97 Å². The van der Waals surface area contributed by atoms with Gasteiger partial charge in [-0.05, 0) is 44.2 Å². The zero-order valence-corrected chi connectivity index (χ0v) is 14.3. The summed E-state index contributed by atoms with van der Waals surface area (Å²) >= 11 is 0. The molecule has 126 valence electrons. The number of nitrogens with one attached hydrogen (secondary N) is 1. The number of carbonyl (C=O) groups excluding carboxylic acids is 1. The van der Waals surface area contributed by atoms with E-state index in [1.165, 1.54) is 0 Å². The lowest BCUT2D eigenvalue weighted by Gasteiger charge is -2.05. The number of hydrogen-bond donors (Lipinski definition) is 1. The summed E-state index contributed by atoms with van der Waals surface area (Å²) in [7, 11) is 1.60. The van der Waals surface area contributed by atoms with Crippen LogP contribution >= 0.6 is 0 Å². The number of anilines is 1. The van der Waals surface area contributed by atoms with Crippen molar-refractivity contribution in [1.82, 2.24) is 14.4 Å². The standard InChI is InChI=1S/C19H18N4O2/c1-13-11-14(2)23-12-20-17(18(23)21-13)19(24)22-16-8-6-15(7-9-16)5-4-10-25-3/h6-9,11-12H,10H2,1-3H3,(H,22,24). The van der Waals surface area contributed by atoms with Crippen LogP contribution < -0.4 is 5.32 Å². The fourth-order valence-corrected chi connectivity index (χ4v) is 2.48. The van der Waals surface area contributed by atoms with Crippen molar-refractivity contribution in [3.63, 3.8) is 0 Å². The van der Waals surface area contributed by atoms with E-state index in [4.69, 9.17) is 4.74 Å². The molecule has 0 atom stereocenters. The van der Waals surface area contributed by atoms with E-state index in [1.54, 1.807) is 30.0 Å². The number of nitrogens with zero attached hydrogens (tertiary/aromatic N) is 3. The second kappa shape index (κ2) is 7.16. The van der Waals surface area contributed by atoms with E-state index in [-0.39, 0.29) is 5.91 Å². The van der Waals surface area contributed by atoms with E-state index >= 15 is 0 Å². The molecule has 0 saturated carbocycles. The number of rotatable bonds is 3. The average Bonchev–Trinajstić information content (AvgIpc) is 3.01. The molecule has 6 heteroatoms. The third-order valence-corrected chi connectivity index (χ3v) is 3.63. The summed E-state index contributed by atoms with van der Waals surface area (Å²) in [6, 6.07) is 9.24. The lowest BCUT2D eigenvalue weighted by molar-refractivity contribution is 0.102. The van der Waals surface area contributed by atoms with Gasteiger partial charge in [0, 0.05) is 29.7 Å². The molecule has 0 bridgehead atoms. The lowest BCUT2D eigenvalue weighted by atomic mass is 10.2. The first-order chi connectivity index (χ1) is 12.1. The minimum atomic E-state index is -0.293. The van der Waals surface area contributed by atoms with Gasteiger partial charge in [-0.2, -0.15) is 0 Å². The molecular weight excluding hydrogens is 316 g/mol. The molecule has 0 fully saturated rings. The van der Waals surface area contributed by atoms with E-state index in [2.05, 4.69) is 27.1 Å². The number of aryl methyl sites for hydroxylation is 2. The molecule has 25 heavy (non-hydrogen) atoms. The molecular formula is C19H18N4O2. The number of hydrogen-bond acceptors (Lipinski definition) is 4. The maximum atomic E-state index is 12.5. The third-order valence-electron chi connectivity index (χ3n) is 3.63. The molecule has 6 nitrogen and oxygen atoms in total. The molecule has 0 saturated heterocycles. The predicted octanol–water partition coefficient (Wildman–Crippen LogP) is 2.60. The summed E-state index contributed by atoms with van der Waals surface area (Å²) in [6.45, 7) is 4.23. The summed E-state index contributed by atoms with van der Waals surface area (Å²) in [5.74, 6) is 5.57. The van der Waals surface area contributed by atoms with Gasteiger partial charge < -0.3 is 10.1 Å². The third kappa shape index (κ3) is 3.67. The lowest BCUT2D eigenvalue weighted by Crippen LogP contribution is -2.13. The number of benzene rings is 1. The van der Waals surface area contributed by atoms with Crippen molar-refractivity contribution >= 4 is 17.2 Å². The highest BCUT2D eigenvalue weighted by Gasteiger charge is 2.16. The normalized spacial score (nSPS) is 10.4. The second-order valence-electron chi connectivity index (χ2n) is 5.59. The zero-order valence-electron chi connectivity index (χ0n) is 14.3. The molecule has 2 aromatic heterocycles. The molecule has 3 aromatic rings. The fourth-order valence-electron chi connectivity index (χ4n) is 2.48.